The molecule has 0 bridgehead atoms. The number of carbonyl (C=O) groups is 2. The molecule has 1 unspecified atom stereocenters. The van der Waals surface area contributed by atoms with Crippen molar-refractivity contribution in [1.29, 1.82) is 0 Å². The summed E-state index contributed by atoms with van der Waals surface area (Å²) in [6, 6.07) is 1.07. The molecule has 44 heavy (non-hydrogen) atoms. The van der Waals surface area contributed by atoms with Crippen molar-refractivity contribution in [1.82, 2.24) is 10.6 Å². The fourth-order valence-electron chi connectivity index (χ4n) is 4.61. The minimum Gasteiger partial charge on any atom is -0.350 e. The molecule has 2 aromatic carbocycles. The van der Waals surface area contributed by atoms with Gasteiger partial charge in [-0.15, -0.1) is 0 Å². The Kier molecular flexibility index (Phi) is 8.73. The monoisotopic (exact) mass is 665 g/mol. The zero-order chi connectivity index (χ0) is 32.9. The van der Waals surface area contributed by atoms with E-state index in [2.05, 4.69) is 10.3 Å². The summed E-state index contributed by atoms with van der Waals surface area (Å²) in [4.78, 5) is 28.0. The van der Waals surface area contributed by atoms with Gasteiger partial charge in [-0.2, -0.15) is 64.4 Å². The van der Waals surface area contributed by atoms with Gasteiger partial charge in [-0.05, 0) is 41.5 Å². The number of alkyl halides is 12. The highest BCUT2D eigenvalue weighted by Crippen LogP contribution is 2.50. The first-order valence-electron chi connectivity index (χ1n) is 12.4. The van der Waals surface area contributed by atoms with Gasteiger partial charge < -0.3 is 10.6 Å². The van der Waals surface area contributed by atoms with Gasteiger partial charge in [0, 0.05) is 29.7 Å². The first kappa shape index (κ1) is 33.5. The Morgan fingerprint density at radius 3 is 1.91 bits per heavy atom. The molecule has 1 fully saturated rings. The van der Waals surface area contributed by atoms with E-state index in [4.69, 9.17) is 0 Å². The van der Waals surface area contributed by atoms with Gasteiger partial charge in [0.2, 0.25) is 5.91 Å². The number of amides is 2. The Hall–Kier alpha value is -3.44. The van der Waals surface area contributed by atoms with Crippen molar-refractivity contribution in [2.45, 2.75) is 42.6 Å². The van der Waals surface area contributed by atoms with E-state index in [-0.39, 0.29) is 24.2 Å². The van der Waals surface area contributed by atoms with Crippen LogP contribution in [0.4, 0.5) is 52.7 Å². The molecule has 0 aromatic heterocycles. The average Bonchev–Trinajstić information content (AvgIpc) is 3.34. The molecule has 2 aliphatic heterocycles. The van der Waals surface area contributed by atoms with Crippen LogP contribution in [-0.4, -0.2) is 54.3 Å². The lowest BCUT2D eigenvalue weighted by Crippen LogP contribution is -2.47. The molecule has 5 nitrogen and oxygen atoms in total. The number of hydrogen-bond donors (Lipinski definition) is 2. The third-order valence-corrected chi connectivity index (χ3v) is 8.28. The molecule has 0 radical (unpaired) electrons. The highest BCUT2D eigenvalue weighted by Gasteiger charge is 2.59. The quantitative estimate of drug-likeness (QED) is 0.352. The lowest BCUT2D eigenvalue weighted by atomic mass is 9.75. The standard InChI is InChI=1S/C26H19F12N3O2S/c27-23(28,29)14-4-13(5-15(6-14)24(30,31)32)22(26(36,37)38)7-19(40-11-22)12-1-2-17(18(3-12)25(33,34)35)21(43)39-8-20(42)41-16-9-44-10-16/h1-6,16H,7-11H2,(H,39,43)(H,41,42). The molecule has 2 aromatic rings. The second-order valence-electron chi connectivity index (χ2n) is 10.1. The Bertz CT molecular complexity index is 1440. The SMILES string of the molecule is O=C(CNC(=O)c1ccc(C2=NCC(c3cc(C(F)(F)F)cc(C(F)(F)F)c3)(C(F)(F)F)C2)cc1C(F)(F)F)NC1CSC1. The maximum atomic E-state index is 14.4. The van der Waals surface area contributed by atoms with Crippen LogP contribution in [0.3, 0.4) is 0 Å². The Morgan fingerprint density at radius 2 is 1.43 bits per heavy atom. The molecule has 0 aliphatic carbocycles. The van der Waals surface area contributed by atoms with Crippen molar-refractivity contribution < 1.29 is 62.3 Å². The molecular formula is C26H19F12N3O2S. The van der Waals surface area contributed by atoms with E-state index < -0.39 is 101 Å². The largest absolute Gasteiger partial charge is 0.417 e. The summed E-state index contributed by atoms with van der Waals surface area (Å²) in [5.74, 6) is -0.753. The summed E-state index contributed by atoms with van der Waals surface area (Å²) in [6.07, 6.45) is -23.0. The predicted octanol–water partition coefficient (Wildman–Crippen LogP) is 6.40. The van der Waals surface area contributed by atoms with Crippen LogP contribution in [0.2, 0.25) is 0 Å². The fraction of sp³-hybridized carbons (Fsp3) is 0.423. The summed E-state index contributed by atoms with van der Waals surface area (Å²) < 4.78 is 165. The highest BCUT2D eigenvalue weighted by molar-refractivity contribution is 8.00. The van der Waals surface area contributed by atoms with E-state index in [0.717, 1.165) is 6.07 Å². The first-order valence-corrected chi connectivity index (χ1v) is 13.5. The van der Waals surface area contributed by atoms with E-state index in [9.17, 15) is 62.3 Å². The molecule has 0 spiro atoms. The third-order valence-electron chi connectivity index (χ3n) is 7.01. The minimum absolute atomic E-state index is 0.0876. The summed E-state index contributed by atoms with van der Waals surface area (Å²) in [5.41, 5.74) is -12.8. The van der Waals surface area contributed by atoms with Crippen LogP contribution in [0.15, 0.2) is 41.4 Å². The zero-order valence-corrected chi connectivity index (χ0v) is 22.6. The van der Waals surface area contributed by atoms with E-state index >= 15 is 0 Å². The van der Waals surface area contributed by atoms with E-state index in [0.29, 0.717) is 23.6 Å². The van der Waals surface area contributed by atoms with Crippen molar-refractivity contribution in [3.63, 3.8) is 0 Å². The van der Waals surface area contributed by atoms with Crippen LogP contribution < -0.4 is 10.6 Å². The topological polar surface area (TPSA) is 70.6 Å². The number of thioether (sulfide) groups is 1. The molecule has 2 heterocycles. The molecule has 4 rings (SSSR count). The number of hydrogen-bond acceptors (Lipinski definition) is 4. The van der Waals surface area contributed by atoms with Crippen molar-refractivity contribution in [2.24, 2.45) is 4.99 Å². The summed E-state index contributed by atoms with van der Waals surface area (Å²) >= 11 is 1.54. The van der Waals surface area contributed by atoms with E-state index in [1.807, 2.05) is 5.32 Å². The normalized spacial score (nSPS) is 19.8. The number of carbonyl (C=O) groups excluding carboxylic acids is 2. The number of nitrogens with zero attached hydrogens (tertiary/aromatic N) is 1. The van der Waals surface area contributed by atoms with Crippen LogP contribution in [-0.2, 0) is 28.7 Å². The number of nitrogens with one attached hydrogen (secondary N) is 2. The van der Waals surface area contributed by atoms with Crippen molar-refractivity contribution in [2.75, 3.05) is 24.6 Å². The average molecular weight is 666 g/mol. The summed E-state index contributed by atoms with van der Waals surface area (Å²) in [5, 5.41) is 4.56. The summed E-state index contributed by atoms with van der Waals surface area (Å²) in [6.45, 7) is -2.08. The van der Waals surface area contributed by atoms with Gasteiger partial charge >= 0.3 is 24.7 Å². The zero-order valence-electron chi connectivity index (χ0n) is 21.8. The second-order valence-corrected chi connectivity index (χ2v) is 11.1. The Morgan fingerprint density at radius 1 is 0.841 bits per heavy atom. The molecule has 0 saturated carbocycles. The maximum absolute atomic E-state index is 14.4. The molecule has 240 valence electrons. The van der Waals surface area contributed by atoms with Gasteiger partial charge in [0.05, 0.1) is 35.3 Å². The smallest absolute Gasteiger partial charge is 0.350 e. The highest BCUT2D eigenvalue weighted by atomic mass is 32.2. The lowest BCUT2D eigenvalue weighted by Gasteiger charge is -2.32. The van der Waals surface area contributed by atoms with Gasteiger partial charge in [-0.25, -0.2) is 0 Å². The van der Waals surface area contributed by atoms with Crippen molar-refractivity contribution in [3.05, 3.63) is 69.8 Å². The number of halogens is 12. The lowest BCUT2D eigenvalue weighted by molar-refractivity contribution is -0.184. The molecule has 2 aliphatic rings. The van der Waals surface area contributed by atoms with Crippen LogP contribution in [0.25, 0.3) is 0 Å². The molecular weight excluding hydrogens is 646 g/mol. The van der Waals surface area contributed by atoms with Crippen LogP contribution in [0.5, 0.6) is 0 Å². The minimum atomic E-state index is -5.49. The number of rotatable bonds is 6. The first-order chi connectivity index (χ1) is 20.1. The Labute approximate surface area is 244 Å². The predicted molar refractivity (Wildman–Crippen MR) is 133 cm³/mol. The number of aliphatic imine (C=N–C) groups is 1. The van der Waals surface area contributed by atoms with Gasteiger partial charge in [0.25, 0.3) is 5.91 Å². The van der Waals surface area contributed by atoms with E-state index in [1.165, 1.54) is 11.8 Å². The van der Waals surface area contributed by atoms with Gasteiger partial charge in [-0.1, -0.05) is 6.07 Å². The Balaban J connectivity index is 1.67. The van der Waals surface area contributed by atoms with Crippen LogP contribution >= 0.6 is 11.8 Å². The second kappa shape index (κ2) is 11.5. The van der Waals surface area contributed by atoms with Crippen molar-refractivity contribution in [3.8, 4) is 0 Å². The summed E-state index contributed by atoms with van der Waals surface area (Å²) in [7, 11) is 0. The van der Waals surface area contributed by atoms with Gasteiger partial charge in [0.1, 0.15) is 5.41 Å². The molecule has 1 atom stereocenters. The van der Waals surface area contributed by atoms with E-state index in [1.54, 1.807) is 0 Å². The third kappa shape index (κ3) is 6.94. The molecule has 2 amide bonds. The van der Waals surface area contributed by atoms with Gasteiger partial charge in [0.15, 0.2) is 0 Å². The van der Waals surface area contributed by atoms with Crippen LogP contribution in [0.1, 0.15) is 44.6 Å². The van der Waals surface area contributed by atoms with Gasteiger partial charge in [-0.3, -0.25) is 14.6 Å². The molecule has 18 heteroatoms. The molecule has 2 N–H and O–H groups in total. The van der Waals surface area contributed by atoms with Crippen LogP contribution in [0, 0.1) is 0 Å². The van der Waals surface area contributed by atoms with Crippen molar-refractivity contribution >= 4 is 29.3 Å². The number of benzene rings is 2. The maximum Gasteiger partial charge on any atom is 0.417 e. The molecule has 1 saturated heterocycles. The fourth-order valence-corrected chi connectivity index (χ4v) is 5.25.